The van der Waals surface area contributed by atoms with E-state index in [4.69, 9.17) is 17.2 Å². The van der Waals surface area contributed by atoms with Crippen LogP contribution in [-0.4, -0.2) is 16.9 Å². The Balaban J connectivity index is 2.63. The minimum Gasteiger partial charge on any atom is -0.370 e. The lowest BCUT2D eigenvalue weighted by atomic mass is 10.1. The van der Waals surface area contributed by atoms with E-state index >= 15 is 0 Å². The van der Waals surface area contributed by atoms with E-state index in [1.165, 1.54) is 0 Å². The molecule has 0 atom stereocenters. The Kier molecular flexibility index (Phi) is 3.25. The standard InChI is InChI=1S/C12H11N7/c13-6-8-7-2-1-5-17-9(7)3-4-10(8)18-12(16)19-11(14)15/h1-5H,(H6,14,15,16,18,19). The molecule has 0 radical (unpaired) electrons. The first-order chi connectivity index (χ1) is 9.11. The summed E-state index contributed by atoms with van der Waals surface area (Å²) in [7, 11) is 0. The number of hydrogen-bond donors (Lipinski definition) is 3. The number of rotatable bonds is 1. The number of fused-ring (bicyclic) bond motifs is 1. The highest BCUT2D eigenvalue weighted by Gasteiger charge is 2.07. The molecule has 0 amide bonds. The zero-order chi connectivity index (χ0) is 13.8. The Morgan fingerprint density at radius 1 is 1.21 bits per heavy atom. The van der Waals surface area contributed by atoms with Crippen LogP contribution in [0.1, 0.15) is 5.56 Å². The van der Waals surface area contributed by atoms with Crippen molar-refractivity contribution in [1.29, 1.82) is 5.26 Å². The monoisotopic (exact) mass is 253 g/mol. The van der Waals surface area contributed by atoms with Crippen molar-refractivity contribution in [2.45, 2.75) is 0 Å². The first-order valence-electron chi connectivity index (χ1n) is 5.33. The van der Waals surface area contributed by atoms with Gasteiger partial charge in [0.15, 0.2) is 5.96 Å². The Morgan fingerprint density at radius 2 is 2.00 bits per heavy atom. The van der Waals surface area contributed by atoms with Gasteiger partial charge in [-0.1, -0.05) is 0 Å². The van der Waals surface area contributed by atoms with Gasteiger partial charge in [0.05, 0.1) is 16.8 Å². The van der Waals surface area contributed by atoms with Crippen LogP contribution in [0.4, 0.5) is 5.69 Å². The second-order valence-corrected chi connectivity index (χ2v) is 3.65. The molecule has 7 nitrogen and oxygen atoms in total. The number of benzene rings is 1. The van der Waals surface area contributed by atoms with Crippen molar-refractivity contribution in [2.75, 3.05) is 0 Å². The molecular formula is C12H11N7. The molecular weight excluding hydrogens is 242 g/mol. The summed E-state index contributed by atoms with van der Waals surface area (Å²) in [5.74, 6) is -0.304. The third-order valence-corrected chi connectivity index (χ3v) is 2.35. The van der Waals surface area contributed by atoms with Crippen molar-refractivity contribution < 1.29 is 0 Å². The molecule has 94 valence electrons. The molecule has 0 bridgehead atoms. The molecule has 0 spiro atoms. The molecule has 1 aromatic heterocycles. The van der Waals surface area contributed by atoms with Crippen LogP contribution in [0, 0.1) is 11.3 Å². The second kappa shape index (κ2) is 5.01. The second-order valence-electron chi connectivity index (χ2n) is 3.65. The van der Waals surface area contributed by atoms with Gasteiger partial charge in [-0.05, 0) is 24.3 Å². The number of hydrogen-bond acceptors (Lipinski definition) is 3. The highest BCUT2D eigenvalue weighted by atomic mass is 15.1. The first kappa shape index (κ1) is 12.3. The van der Waals surface area contributed by atoms with Crippen molar-refractivity contribution in [2.24, 2.45) is 27.2 Å². The van der Waals surface area contributed by atoms with E-state index in [-0.39, 0.29) is 11.9 Å². The van der Waals surface area contributed by atoms with Crippen LogP contribution in [0.3, 0.4) is 0 Å². The maximum atomic E-state index is 9.24. The zero-order valence-corrected chi connectivity index (χ0v) is 9.91. The molecule has 0 aliphatic rings. The number of nitrogens with two attached hydrogens (primary N) is 3. The number of pyridine rings is 1. The summed E-state index contributed by atoms with van der Waals surface area (Å²) in [6.07, 6.45) is 1.65. The van der Waals surface area contributed by atoms with Gasteiger partial charge >= 0.3 is 0 Å². The molecule has 1 heterocycles. The van der Waals surface area contributed by atoms with Gasteiger partial charge in [0, 0.05) is 11.6 Å². The molecule has 19 heavy (non-hydrogen) atoms. The zero-order valence-electron chi connectivity index (χ0n) is 9.91. The molecule has 1 aromatic carbocycles. The van der Waals surface area contributed by atoms with Crippen LogP contribution in [0.2, 0.25) is 0 Å². The van der Waals surface area contributed by atoms with Crippen LogP contribution >= 0.6 is 0 Å². The molecule has 2 aromatic rings. The summed E-state index contributed by atoms with van der Waals surface area (Å²) in [6, 6.07) is 9.01. The minimum atomic E-state index is -0.192. The fourth-order valence-corrected chi connectivity index (χ4v) is 1.63. The van der Waals surface area contributed by atoms with Crippen LogP contribution in [0.5, 0.6) is 0 Å². The van der Waals surface area contributed by atoms with Crippen molar-refractivity contribution in [3.05, 3.63) is 36.0 Å². The van der Waals surface area contributed by atoms with E-state index in [1.54, 1.807) is 30.5 Å². The predicted octanol–water partition coefficient (Wildman–Crippen LogP) is 0.326. The smallest absolute Gasteiger partial charge is 0.223 e. The molecule has 6 N–H and O–H groups in total. The van der Waals surface area contributed by atoms with Crippen molar-refractivity contribution >= 4 is 28.5 Å². The number of aliphatic imine (C=N–C) groups is 2. The quantitative estimate of drug-likeness (QED) is 0.496. The summed E-state index contributed by atoms with van der Waals surface area (Å²) in [5, 5.41) is 9.94. The SMILES string of the molecule is N#Cc1c(N=C(N)N=C(N)N)ccc2ncccc12. The molecule has 0 saturated carbocycles. The molecule has 7 heteroatoms. The van der Waals surface area contributed by atoms with Gasteiger partial charge in [0.2, 0.25) is 5.96 Å². The summed E-state index contributed by atoms with van der Waals surface area (Å²) >= 11 is 0. The van der Waals surface area contributed by atoms with E-state index in [1.807, 2.05) is 0 Å². The molecule has 0 aliphatic carbocycles. The van der Waals surface area contributed by atoms with E-state index in [0.29, 0.717) is 22.2 Å². The maximum Gasteiger partial charge on any atom is 0.223 e. The predicted molar refractivity (Wildman–Crippen MR) is 73.6 cm³/mol. The molecule has 0 unspecified atom stereocenters. The number of aromatic nitrogens is 1. The fraction of sp³-hybridized carbons (Fsp3) is 0. The van der Waals surface area contributed by atoms with Crippen molar-refractivity contribution in [1.82, 2.24) is 4.98 Å². The van der Waals surface area contributed by atoms with Gasteiger partial charge in [-0.3, -0.25) is 4.98 Å². The van der Waals surface area contributed by atoms with E-state index < -0.39 is 0 Å². The number of nitrogens with zero attached hydrogens (tertiary/aromatic N) is 4. The third-order valence-electron chi connectivity index (χ3n) is 2.35. The molecule has 2 rings (SSSR count). The average molecular weight is 253 g/mol. The summed E-state index contributed by atoms with van der Waals surface area (Å²) < 4.78 is 0. The third kappa shape index (κ3) is 2.58. The highest BCUT2D eigenvalue weighted by molar-refractivity contribution is 5.96. The molecule has 0 fully saturated rings. The number of guanidine groups is 2. The Morgan fingerprint density at radius 3 is 2.68 bits per heavy atom. The number of nitriles is 1. The van der Waals surface area contributed by atoms with Gasteiger partial charge < -0.3 is 17.2 Å². The lowest BCUT2D eigenvalue weighted by Gasteiger charge is -2.03. The van der Waals surface area contributed by atoms with Gasteiger partial charge in [0.25, 0.3) is 0 Å². The van der Waals surface area contributed by atoms with Gasteiger partial charge in [-0.25, -0.2) is 4.99 Å². The van der Waals surface area contributed by atoms with Crippen LogP contribution < -0.4 is 17.2 Å². The fourth-order valence-electron chi connectivity index (χ4n) is 1.63. The van der Waals surface area contributed by atoms with Crippen LogP contribution in [0.25, 0.3) is 10.9 Å². The van der Waals surface area contributed by atoms with Crippen molar-refractivity contribution in [3.8, 4) is 6.07 Å². The topological polar surface area (TPSA) is 139 Å². The lowest BCUT2D eigenvalue weighted by molar-refractivity contribution is 1.36. The normalized spacial score (nSPS) is 11.0. The summed E-state index contributed by atoms with van der Waals surface area (Å²) in [5.41, 5.74) is 17.4. The largest absolute Gasteiger partial charge is 0.370 e. The highest BCUT2D eigenvalue weighted by Crippen LogP contribution is 2.26. The average Bonchev–Trinajstić information content (AvgIpc) is 2.37. The Labute approximate surface area is 109 Å². The van der Waals surface area contributed by atoms with E-state index in [0.717, 1.165) is 0 Å². The maximum absolute atomic E-state index is 9.24. The lowest BCUT2D eigenvalue weighted by Crippen LogP contribution is -2.26. The van der Waals surface area contributed by atoms with Gasteiger partial charge in [0.1, 0.15) is 6.07 Å². The van der Waals surface area contributed by atoms with Gasteiger partial charge in [-0.2, -0.15) is 10.3 Å². The summed E-state index contributed by atoms with van der Waals surface area (Å²) in [6.45, 7) is 0. The minimum absolute atomic E-state index is 0.111. The van der Waals surface area contributed by atoms with Crippen LogP contribution in [0.15, 0.2) is 40.4 Å². The van der Waals surface area contributed by atoms with Crippen LogP contribution in [-0.2, 0) is 0 Å². The molecule has 0 aliphatic heterocycles. The van der Waals surface area contributed by atoms with Gasteiger partial charge in [-0.15, -0.1) is 0 Å². The Hall–Kier alpha value is -3.14. The van der Waals surface area contributed by atoms with Crippen molar-refractivity contribution in [3.63, 3.8) is 0 Å². The molecule has 0 saturated heterocycles. The van der Waals surface area contributed by atoms with E-state index in [2.05, 4.69) is 21.0 Å². The van der Waals surface area contributed by atoms with E-state index in [9.17, 15) is 5.26 Å². The summed E-state index contributed by atoms with van der Waals surface area (Å²) in [4.78, 5) is 11.8. The first-order valence-corrected chi connectivity index (χ1v) is 5.33. The Bertz CT molecular complexity index is 720.